The number of sulfonamides is 1. The molecule has 13 heteroatoms. The van der Waals surface area contributed by atoms with Gasteiger partial charge < -0.3 is 10.1 Å². The molecule has 0 unspecified atom stereocenters. The Morgan fingerprint density at radius 2 is 1.52 bits per heavy atom. The van der Waals surface area contributed by atoms with E-state index < -0.39 is 50.6 Å². The molecular formula is C20H18F6N2O4S. The Morgan fingerprint density at radius 3 is 2.12 bits per heavy atom. The lowest BCUT2D eigenvalue weighted by Crippen LogP contribution is -2.42. The zero-order chi connectivity index (χ0) is 24.4. The second-order valence-electron chi connectivity index (χ2n) is 7.21. The van der Waals surface area contributed by atoms with Crippen molar-refractivity contribution in [1.82, 2.24) is 4.31 Å². The number of hydrogen-bond donors (Lipinski definition) is 1. The molecule has 0 radical (unpaired) electrons. The summed E-state index contributed by atoms with van der Waals surface area (Å²) in [7, 11) is -4.47. The summed E-state index contributed by atoms with van der Waals surface area (Å²) in [6.45, 7) is -0.458. The minimum Gasteiger partial charge on any atom is -0.404 e. The number of para-hydroxylation sites is 2. The van der Waals surface area contributed by atoms with Crippen LogP contribution in [-0.2, 0) is 21.0 Å². The third-order valence-electron chi connectivity index (χ3n) is 5.01. The van der Waals surface area contributed by atoms with Gasteiger partial charge in [-0.2, -0.15) is 17.5 Å². The molecule has 1 fully saturated rings. The highest BCUT2D eigenvalue weighted by molar-refractivity contribution is 7.89. The zero-order valence-electron chi connectivity index (χ0n) is 16.8. The number of carbonyl (C=O) groups excluding carboxylic acids is 1. The molecule has 3 rings (SSSR count). The second kappa shape index (κ2) is 9.21. The van der Waals surface area contributed by atoms with Crippen LogP contribution >= 0.6 is 0 Å². The number of nitrogens with zero attached hydrogens (tertiary/aromatic N) is 1. The molecule has 1 aliphatic heterocycles. The summed E-state index contributed by atoms with van der Waals surface area (Å²) in [5, 5.41) is 2.34. The summed E-state index contributed by atoms with van der Waals surface area (Å²) in [6, 6.07) is 8.73. The molecule has 1 amide bonds. The number of benzene rings is 2. The molecule has 2 aromatic rings. The van der Waals surface area contributed by atoms with E-state index in [1.165, 1.54) is 24.3 Å². The van der Waals surface area contributed by atoms with Crippen LogP contribution in [0.2, 0.25) is 0 Å². The quantitative estimate of drug-likeness (QED) is 0.612. The highest BCUT2D eigenvalue weighted by Crippen LogP contribution is 2.36. The van der Waals surface area contributed by atoms with Crippen molar-refractivity contribution >= 4 is 21.6 Å². The average molecular weight is 496 g/mol. The van der Waals surface area contributed by atoms with Crippen molar-refractivity contribution in [1.29, 1.82) is 0 Å². The fourth-order valence-electron chi connectivity index (χ4n) is 3.44. The molecule has 0 saturated carbocycles. The first-order valence-electron chi connectivity index (χ1n) is 9.61. The van der Waals surface area contributed by atoms with E-state index in [4.69, 9.17) is 0 Å². The summed E-state index contributed by atoms with van der Waals surface area (Å²) in [4.78, 5) is 11.7. The van der Waals surface area contributed by atoms with Crippen LogP contribution in [0.3, 0.4) is 0 Å². The van der Waals surface area contributed by atoms with Gasteiger partial charge in [-0.3, -0.25) is 4.79 Å². The summed E-state index contributed by atoms with van der Waals surface area (Å²) in [6.07, 6.45) is -9.88. The molecule has 1 heterocycles. The van der Waals surface area contributed by atoms with Gasteiger partial charge in [0, 0.05) is 19.0 Å². The zero-order valence-corrected chi connectivity index (χ0v) is 17.6. The van der Waals surface area contributed by atoms with Crippen molar-refractivity contribution in [3.63, 3.8) is 0 Å². The summed E-state index contributed by atoms with van der Waals surface area (Å²) in [5.41, 5.74) is -1.50. The van der Waals surface area contributed by atoms with Crippen LogP contribution < -0.4 is 10.1 Å². The van der Waals surface area contributed by atoms with E-state index in [1.54, 1.807) is 0 Å². The topological polar surface area (TPSA) is 75.7 Å². The number of nitrogens with one attached hydrogen (secondary N) is 1. The van der Waals surface area contributed by atoms with E-state index >= 15 is 0 Å². The number of piperidine rings is 1. The predicted octanol–water partition coefficient (Wildman–Crippen LogP) is 4.64. The Balaban J connectivity index is 1.69. The lowest BCUT2D eigenvalue weighted by atomic mass is 9.97. The molecule has 33 heavy (non-hydrogen) atoms. The van der Waals surface area contributed by atoms with Crippen molar-refractivity contribution in [3.8, 4) is 5.75 Å². The maximum Gasteiger partial charge on any atom is 0.573 e. The first kappa shape index (κ1) is 24.8. The smallest absolute Gasteiger partial charge is 0.404 e. The first-order chi connectivity index (χ1) is 15.3. The summed E-state index contributed by atoms with van der Waals surface area (Å²) < 4.78 is 108. The number of amides is 1. The van der Waals surface area contributed by atoms with Gasteiger partial charge in [-0.15, -0.1) is 13.2 Å². The molecule has 0 aromatic heterocycles. The van der Waals surface area contributed by atoms with E-state index in [0.29, 0.717) is 6.07 Å². The highest BCUT2D eigenvalue weighted by Gasteiger charge is 2.40. The molecule has 1 saturated heterocycles. The summed E-state index contributed by atoms with van der Waals surface area (Å²) >= 11 is 0. The van der Waals surface area contributed by atoms with Crippen LogP contribution in [0.5, 0.6) is 5.75 Å². The minimum absolute atomic E-state index is 0.0262. The molecule has 2 aromatic carbocycles. The highest BCUT2D eigenvalue weighted by atomic mass is 32.2. The van der Waals surface area contributed by atoms with Crippen LogP contribution in [0.25, 0.3) is 0 Å². The number of alkyl halides is 6. The van der Waals surface area contributed by atoms with Crippen LogP contribution in [0.15, 0.2) is 53.4 Å². The van der Waals surface area contributed by atoms with Crippen LogP contribution in [0.1, 0.15) is 18.4 Å². The number of ether oxygens (including phenoxy) is 1. The molecule has 180 valence electrons. The molecule has 0 spiro atoms. The van der Waals surface area contributed by atoms with Gasteiger partial charge in [0.25, 0.3) is 0 Å². The second-order valence-corrected chi connectivity index (χ2v) is 9.11. The molecule has 1 aliphatic rings. The van der Waals surface area contributed by atoms with Gasteiger partial charge in [0.05, 0.1) is 16.1 Å². The number of carbonyl (C=O) groups is 1. The van der Waals surface area contributed by atoms with Crippen LogP contribution in [0, 0.1) is 5.92 Å². The van der Waals surface area contributed by atoms with E-state index in [-0.39, 0.29) is 31.6 Å². The van der Waals surface area contributed by atoms with Crippen molar-refractivity contribution in [2.75, 3.05) is 18.4 Å². The van der Waals surface area contributed by atoms with E-state index in [9.17, 15) is 39.6 Å². The molecule has 0 atom stereocenters. The Hall–Kier alpha value is -2.80. The van der Waals surface area contributed by atoms with Gasteiger partial charge in [0.2, 0.25) is 15.9 Å². The normalized spacial score (nSPS) is 16.4. The van der Waals surface area contributed by atoms with E-state index in [2.05, 4.69) is 10.1 Å². The third-order valence-corrected chi connectivity index (χ3v) is 6.96. The monoisotopic (exact) mass is 496 g/mol. The molecular weight excluding hydrogens is 478 g/mol. The van der Waals surface area contributed by atoms with Gasteiger partial charge >= 0.3 is 12.5 Å². The number of rotatable bonds is 5. The molecule has 0 bridgehead atoms. The van der Waals surface area contributed by atoms with E-state index in [1.807, 2.05) is 0 Å². The number of halogens is 6. The molecule has 0 aliphatic carbocycles. The standard InChI is InChI=1S/C20H18F6N2O4S/c21-19(22,23)14-5-1-4-8-17(14)33(30,31)28-11-9-13(10-12-28)18(29)27-15-6-2-3-7-16(15)32-20(24,25)26/h1-8,13H,9-12H2,(H,27,29). The van der Waals surface area contributed by atoms with Gasteiger partial charge in [-0.05, 0) is 37.1 Å². The molecule has 1 N–H and O–H groups in total. The lowest BCUT2D eigenvalue weighted by Gasteiger charge is -2.31. The van der Waals surface area contributed by atoms with Crippen molar-refractivity contribution in [2.24, 2.45) is 5.92 Å². The fraction of sp³-hybridized carbons (Fsp3) is 0.350. The molecule has 6 nitrogen and oxygen atoms in total. The average Bonchev–Trinajstić information content (AvgIpc) is 2.73. The van der Waals surface area contributed by atoms with E-state index in [0.717, 1.165) is 22.5 Å². The van der Waals surface area contributed by atoms with Crippen molar-refractivity contribution in [3.05, 3.63) is 54.1 Å². The minimum atomic E-state index is -4.97. The third kappa shape index (κ3) is 5.96. The van der Waals surface area contributed by atoms with Crippen molar-refractivity contribution in [2.45, 2.75) is 30.3 Å². The Bertz CT molecular complexity index is 1110. The van der Waals surface area contributed by atoms with Gasteiger partial charge in [-0.25, -0.2) is 8.42 Å². The van der Waals surface area contributed by atoms with Crippen LogP contribution in [0.4, 0.5) is 32.0 Å². The first-order valence-corrected chi connectivity index (χ1v) is 11.0. The lowest BCUT2D eigenvalue weighted by molar-refractivity contribution is -0.274. The Labute approximate surface area is 185 Å². The predicted molar refractivity (Wildman–Crippen MR) is 105 cm³/mol. The van der Waals surface area contributed by atoms with Gasteiger partial charge in [0.1, 0.15) is 0 Å². The SMILES string of the molecule is O=C(Nc1ccccc1OC(F)(F)F)C1CCN(S(=O)(=O)c2ccccc2C(F)(F)F)CC1. The van der Waals surface area contributed by atoms with Gasteiger partial charge in [-0.1, -0.05) is 24.3 Å². The summed E-state index contributed by atoms with van der Waals surface area (Å²) in [5.74, 6) is -2.02. The van der Waals surface area contributed by atoms with Crippen LogP contribution in [-0.4, -0.2) is 38.1 Å². The largest absolute Gasteiger partial charge is 0.573 e. The Kier molecular flexibility index (Phi) is 6.93. The maximum absolute atomic E-state index is 13.2. The Morgan fingerprint density at radius 1 is 0.939 bits per heavy atom. The number of hydrogen-bond acceptors (Lipinski definition) is 4. The van der Waals surface area contributed by atoms with Gasteiger partial charge in [0.15, 0.2) is 5.75 Å². The number of anilines is 1. The fourth-order valence-corrected chi connectivity index (χ4v) is 5.12. The maximum atomic E-state index is 13.2. The van der Waals surface area contributed by atoms with Crippen molar-refractivity contribution < 1.29 is 44.3 Å².